The van der Waals surface area contributed by atoms with Crippen LogP contribution >= 0.6 is 0 Å². The lowest BCUT2D eigenvalue weighted by atomic mass is 10.2. The van der Waals surface area contributed by atoms with Crippen molar-refractivity contribution in [2.24, 2.45) is 0 Å². The topological polar surface area (TPSA) is 134 Å². The first kappa shape index (κ1) is 16.7. The van der Waals surface area contributed by atoms with E-state index in [1.54, 1.807) is 41.4 Å². The van der Waals surface area contributed by atoms with Crippen LogP contribution in [0.2, 0.25) is 0 Å². The lowest BCUT2D eigenvalue weighted by Crippen LogP contribution is -2.04. The van der Waals surface area contributed by atoms with Gasteiger partial charge in [0.15, 0.2) is 11.5 Å². The highest BCUT2D eigenvalue weighted by molar-refractivity contribution is 5.78. The Kier molecular flexibility index (Phi) is 4.02. The molecule has 0 aliphatic rings. The smallest absolute Gasteiger partial charge is 0.228 e. The Bertz CT molecular complexity index is 1260. The zero-order valence-electron chi connectivity index (χ0n) is 15.3. The lowest BCUT2D eigenvalue weighted by molar-refractivity contribution is 0.932. The maximum absolute atomic E-state index is 4.64. The molecule has 29 heavy (non-hydrogen) atoms. The monoisotopic (exact) mass is 385 g/mol. The number of fused-ring (bicyclic) bond motifs is 1. The first-order valence-corrected chi connectivity index (χ1v) is 8.76. The number of hydrogen-bond acceptors (Lipinski definition) is 9. The average molecular weight is 385 g/mol. The van der Waals surface area contributed by atoms with E-state index in [9.17, 15) is 0 Å². The summed E-state index contributed by atoms with van der Waals surface area (Å²) >= 11 is 0. The zero-order valence-corrected chi connectivity index (χ0v) is 15.3. The lowest BCUT2D eigenvalue weighted by Gasteiger charge is -2.09. The summed E-state index contributed by atoms with van der Waals surface area (Å²) in [4.78, 5) is 22.0. The Morgan fingerprint density at radius 1 is 0.931 bits per heavy atom. The van der Waals surface area contributed by atoms with Crippen molar-refractivity contribution in [2.75, 3.05) is 10.6 Å². The maximum atomic E-state index is 4.64. The molecule has 0 atom stereocenters. The minimum Gasteiger partial charge on any atom is -0.323 e. The molecule has 0 radical (unpaired) electrons. The van der Waals surface area contributed by atoms with Crippen LogP contribution in [0.4, 0.5) is 23.4 Å². The second-order valence-electron chi connectivity index (χ2n) is 6.08. The van der Waals surface area contributed by atoms with Crippen molar-refractivity contribution < 1.29 is 0 Å². The van der Waals surface area contributed by atoms with E-state index in [-0.39, 0.29) is 0 Å². The number of nitrogens with zero attached hydrogens (tertiary/aromatic N) is 8. The van der Waals surface area contributed by atoms with Crippen molar-refractivity contribution in [3.63, 3.8) is 0 Å². The van der Waals surface area contributed by atoms with E-state index < -0.39 is 0 Å². The van der Waals surface area contributed by atoms with Gasteiger partial charge in [-0.2, -0.15) is 10.2 Å². The SMILES string of the molecule is Cc1nc(Nc2ncccn2)cc(-c2c(Nc3ccn[nH]3)nc3cccnn23)n1. The van der Waals surface area contributed by atoms with Gasteiger partial charge in [0, 0.05) is 30.7 Å². The van der Waals surface area contributed by atoms with Gasteiger partial charge in [0.25, 0.3) is 0 Å². The van der Waals surface area contributed by atoms with E-state index in [2.05, 4.69) is 50.8 Å². The molecule has 0 amide bonds. The van der Waals surface area contributed by atoms with Crippen LogP contribution < -0.4 is 10.6 Å². The molecule has 0 saturated carbocycles. The molecule has 0 fully saturated rings. The van der Waals surface area contributed by atoms with Crippen LogP contribution in [-0.2, 0) is 0 Å². The van der Waals surface area contributed by atoms with E-state index in [0.717, 1.165) is 0 Å². The summed E-state index contributed by atoms with van der Waals surface area (Å²) in [5, 5.41) is 17.6. The van der Waals surface area contributed by atoms with Gasteiger partial charge >= 0.3 is 0 Å². The zero-order chi connectivity index (χ0) is 19.6. The summed E-state index contributed by atoms with van der Waals surface area (Å²) < 4.78 is 1.73. The number of nitrogens with one attached hydrogen (secondary N) is 3. The van der Waals surface area contributed by atoms with Crippen LogP contribution in [-0.4, -0.2) is 44.7 Å². The van der Waals surface area contributed by atoms with E-state index >= 15 is 0 Å². The molecule has 0 unspecified atom stereocenters. The third kappa shape index (κ3) is 3.32. The molecule has 5 aromatic heterocycles. The summed E-state index contributed by atoms with van der Waals surface area (Å²) in [5.74, 6) is 2.89. The van der Waals surface area contributed by atoms with E-state index in [0.29, 0.717) is 46.3 Å². The first-order valence-electron chi connectivity index (χ1n) is 8.76. The number of aromatic nitrogens is 9. The van der Waals surface area contributed by atoms with Crippen LogP contribution in [0.25, 0.3) is 17.0 Å². The van der Waals surface area contributed by atoms with Crippen LogP contribution in [0, 0.1) is 6.92 Å². The second kappa shape index (κ2) is 6.96. The van der Waals surface area contributed by atoms with Crippen LogP contribution in [0.1, 0.15) is 5.82 Å². The molecule has 5 heterocycles. The summed E-state index contributed by atoms with van der Waals surface area (Å²) in [5.41, 5.74) is 2.02. The third-order valence-electron chi connectivity index (χ3n) is 4.03. The molecule has 5 aromatic rings. The van der Waals surface area contributed by atoms with Gasteiger partial charge in [0.2, 0.25) is 5.95 Å². The van der Waals surface area contributed by atoms with Gasteiger partial charge in [-0.05, 0) is 25.1 Å². The van der Waals surface area contributed by atoms with Crippen molar-refractivity contribution in [2.45, 2.75) is 6.92 Å². The van der Waals surface area contributed by atoms with Crippen LogP contribution in [0.3, 0.4) is 0 Å². The Balaban J connectivity index is 1.63. The predicted molar refractivity (Wildman–Crippen MR) is 106 cm³/mol. The summed E-state index contributed by atoms with van der Waals surface area (Å²) in [6.45, 7) is 1.82. The predicted octanol–water partition coefficient (Wildman–Crippen LogP) is 2.50. The highest BCUT2D eigenvalue weighted by Gasteiger charge is 2.18. The Morgan fingerprint density at radius 2 is 1.83 bits per heavy atom. The molecule has 0 aliphatic carbocycles. The standard InChI is InChI=1S/C18H15N11/c1-11-23-12(10-14(24-11)26-18-19-6-3-7-20-18)16-17(25-13-5-9-21-28-13)27-15-4-2-8-22-29(15)16/h2-10H,1H3,(H2,21,25,28)(H,19,20,23,24,26). The van der Waals surface area contributed by atoms with Crippen molar-refractivity contribution in [3.8, 4) is 11.4 Å². The molecule has 0 bridgehead atoms. The molecule has 0 saturated heterocycles. The van der Waals surface area contributed by atoms with Gasteiger partial charge in [-0.15, -0.1) is 0 Å². The molecule has 3 N–H and O–H groups in total. The van der Waals surface area contributed by atoms with Crippen LogP contribution in [0.15, 0.2) is 55.1 Å². The van der Waals surface area contributed by atoms with Gasteiger partial charge in [0.05, 0.1) is 11.9 Å². The molecular weight excluding hydrogens is 370 g/mol. The normalized spacial score (nSPS) is 10.9. The first-order chi connectivity index (χ1) is 14.3. The summed E-state index contributed by atoms with van der Waals surface area (Å²) in [6.07, 6.45) is 6.67. The minimum atomic E-state index is 0.448. The fraction of sp³-hybridized carbons (Fsp3) is 0.0556. The molecular formula is C18H15N11. The van der Waals surface area contributed by atoms with Gasteiger partial charge < -0.3 is 10.6 Å². The Labute approximate surface area is 164 Å². The average Bonchev–Trinajstić information content (AvgIpc) is 3.36. The van der Waals surface area contributed by atoms with Crippen molar-refractivity contribution in [1.29, 1.82) is 0 Å². The van der Waals surface area contributed by atoms with Gasteiger partial charge in [-0.25, -0.2) is 29.4 Å². The van der Waals surface area contributed by atoms with Crippen molar-refractivity contribution in [3.05, 3.63) is 60.9 Å². The van der Waals surface area contributed by atoms with Gasteiger partial charge in [0.1, 0.15) is 23.2 Å². The highest BCUT2D eigenvalue weighted by Crippen LogP contribution is 2.30. The number of anilines is 4. The quantitative estimate of drug-likeness (QED) is 0.417. The molecule has 0 aliphatic heterocycles. The fourth-order valence-corrected chi connectivity index (χ4v) is 2.89. The third-order valence-corrected chi connectivity index (χ3v) is 4.03. The summed E-state index contributed by atoms with van der Waals surface area (Å²) in [6, 6.07) is 9.07. The molecule has 11 heteroatoms. The fourth-order valence-electron chi connectivity index (χ4n) is 2.89. The number of aryl methyl sites for hydroxylation is 1. The molecule has 0 spiro atoms. The number of aromatic amines is 1. The molecule has 5 rings (SSSR count). The largest absolute Gasteiger partial charge is 0.323 e. The Morgan fingerprint density at radius 3 is 2.66 bits per heavy atom. The van der Waals surface area contributed by atoms with Crippen molar-refractivity contribution in [1.82, 2.24) is 44.7 Å². The number of hydrogen-bond donors (Lipinski definition) is 3. The minimum absolute atomic E-state index is 0.448. The summed E-state index contributed by atoms with van der Waals surface area (Å²) in [7, 11) is 0. The molecule has 0 aromatic carbocycles. The van der Waals surface area contributed by atoms with E-state index in [1.165, 1.54) is 0 Å². The van der Waals surface area contributed by atoms with Gasteiger partial charge in [-0.3, -0.25) is 5.10 Å². The highest BCUT2D eigenvalue weighted by atomic mass is 15.3. The van der Waals surface area contributed by atoms with Gasteiger partial charge in [-0.1, -0.05) is 0 Å². The number of imidazole rings is 1. The van der Waals surface area contributed by atoms with Crippen LogP contribution in [0.5, 0.6) is 0 Å². The molecule has 142 valence electrons. The maximum Gasteiger partial charge on any atom is 0.228 e. The Hall–Kier alpha value is -4.41. The molecule has 11 nitrogen and oxygen atoms in total. The number of rotatable bonds is 5. The van der Waals surface area contributed by atoms with Crippen molar-refractivity contribution >= 4 is 29.0 Å². The number of H-pyrrole nitrogens is 1. The second-order valence-corrected chi connectivity index (χ2v) is 6.08. The van der Waals surface area contributed by atoms with E-state index in [4.69, 9.17) is 0 Å². The van der Waals surface area contributed by atoms with E-state index in [1.807, 2.05) is 25.1 Å².